The Balaban J connectivity index is 2.92. The summed E-state index contributed by atoms with van der Waals surface area (Å²) in [6.07, 6.45) is 0.982. The van der Waals surface area contributed by atoms with E-state index >= 15 is 0 Å². The molecule has 1 aromatic heterocycles. The van der Waals surface area contributed by atoms with Crippen LogP contribution < -0.4 is 4.74 Å². The van der Waals surface area contributed by atoms with Gasteiger partial charge in [-0.3, -0.25) is 4.79 Å². The van der Waals surface area contributed by atoms with Crippen LogP contribution in [0.4, 0.5) is 4.39 Å². The van der Waals surface area contributed by atoms with E-state index in [1.54, 1.807) is 0 Å². The minimum absolute atomic E-state index is 0.0428. The molecule has 70 valence electrons. The van der Waals surface area contributed by atoms with Gasteiger partial charge in [0.2, 0.25) is 0 Å². The van der Waals surface area contributed by atoms with Gasteiger partial charge >= 0.3 is 5.97 Å². The fraction of sp³-hybridized carbons (Fsp3) is 0.250. The third-order valence-corrected chi connectivity index (χ3v) is 1.44. The summed E-state index contributed by atoms with van der Waals surface area (Å²) in [4.78, 5) is 13.6. The molecule has 1 heterocycles. The molecular formula is C8H8FNO3. The van der Waals surface area contributed by atoms with Crippen molar-refractivity contribution in [2.24, 2.45) is 0 Å². The quantitative estimate of drug-likeness (QED) is 0.709. The smallest absolute Gasteiger partial charge is 0.307 e. The number of methoxy groups -OCH3 is 1. The first-order valence-corrected chi connectivity index (χ1v) is 3.53. The second-order valence-corrected chi connectivity index (χ2v) is 2.41. The third kappa shape index (κ3) is 2.40. The Morgan fingerprint density at radius 1 is 1.77 bits per heavy atom. The second-order valence-electron chi connectivity index (χ2n) is 2.41. The molecule has 0 aliphatic heterocycles. The third-order valence-electron chi connectivity index (χ3n) is 1.44. The van der Waals surface area contributed by atoms with Gasteiger partial charge in [0.25, 0.3) is 5.95 Å². The van der Waals surface area contributed by atoms with Crippen LogP contribution >= 0.6 is 0 Å². The van der Waals surface area contributed by atoms with Crippen LogP contribution in [0, 0.1) is 5.95 Å². The van der Waals surface area contributed by atoms with Gasteiger partial charge in [0.1, 0.15) is 0 Å². The van der Waals surface area contributed by atoms with E-state index in [1.807, 2.05) is 0 Å². The number of carboxylic acids is 1. The number of halogens is 1. The molecule has 4 nitrogen and oxygen atoms in total. The lowest BCUT2D eigenvalue weighted by Gasteiger charge is -2.02. The monoisotopic (exact) mass is 185 g/mol. The highest BCUT2D eigenvalue weighted by Crippen LogP contribution is 2.15. The van der Waals surface area contributed by atoms with Gasteiger partial charge in [0.15, 0.2) is 5.75 Å². The zero-order valence-corrected chi connectivity index (χ0v) is 6.95. The van der Waals surface area contributed by atoms with Crippen molar-refractivity contribution in [1.82, 2.24) is 4.98 Å². The number of rotatable bonds is 3. The molecule has 0 spiro atoms. The van der Waals surface area contributed by atoms with Gasteiger partial charge in [-0.2, -0.15) is 4.39 Å². The predicted octanol–water partition coefficient (Wildman–Crippen LogP) is 0.856. The number of carboxylic acid groups (broad SMARTS) is 1. The maximum Gasteiger partial charge on any atom is 0.307 e. The summed E-state index contributed by atoms with van der Waals surface area (Å²) in [6.45, 7) is 0. The molecule has 0 fully saturated rings. The standard InChI is InChI=1S/C8H8FNO3/c1-13-6-2-5(3-7(11)12)4-10-8(6)9/h2,4H,3H2,1H3,(H,11,12). The molecule has 13 heavy (non-hydrogen) atoms. The maximum atomic E-state index is 12.7. The average molecular weight is 185 g/mol. The van der Waals surface area contributed by atoms with Gasteiger partial charge in [0.05, 0.1) is 13.5 Å². The van der Waals surface area contributed by atoms with Gasteiger partial charge < -0.3 is 9.84 Å². The van der Waals surface area contributed by atoms with E-state index in [0.717, 1.165) is 0 Å². The number of ether oxygens (including phenoxy) is 1. The van der Waals surface area contributed by atoms with Gasteiger partial charge in [0, 0.05) is 6.20 Å². The molecule has 1 rings (SSSR count). The van der Waals surface area contributed by atoms with E-state index in [-0.39, 0.29) is 12.2 Å². The number of hydrogen-bond acceptors (Lipinski definition) is 3. The summed E-state index contributed by atoms with van der Waals surface area (Å²) >= 11 is 0. The van der Waals surface area contributed by atoms with Crippen LogP contribution in [0.3, 0.4) is 0 Å². The molecule has 0 unspecified atom stereocenters. The highest BCUT2D eigenvalue weighted by Gasteiger charge is 2.07. The Kier molecular flexibility index (Phi) is 2.79. The van der Waals surface area contributed by atoms with Crippen molar-refractivity contribution in [2.75, 3.05) is 7.11 Å². The van der Waals surface area contributed by atoms with Crippen LogP contribution in [0.5, 0.6) is 5.75 Å². The van der Waals surface area contributed by atoms with Crippen LogP contribution in [0.1, 0.15) is 5.56 Å². The zero-order valence-electron chi connectivity index (χ0n) is 6.95. The number of aromatic nitrogens is 1. The largest absolute Gasteiger partial charge is 0.492 e. The van der Waals surface area contributed by atoms with Crippen molar-refractivity contribution < 1.29 is 19.0 Å². The average Bonchev–Trinajstić information content (AvgIpc) is 2.07. The van der Waals surface area contributed by atoms with E-state index in [2.05, 4.69) is 9.72 Å². The van der Waals surface area contributed by atoms with Crippen molar-refractivity contribution in [3.8, 4) is 5.75 Å². The van der Waals surface area contributed by atoms with Crippen LogP contribution in [0.25, 0.3) is 0 Å². The van der Waals surface area contributed by atoms with Crippen molar-refractivity contribution in [3.63, 3.8) is 0 Å². The van der Waals surface area contributed by atoms with Gasteiger partial charge in [-0.15, -0.1) is 0 Å². The van der Waals surface area contributed by atoms with Crippen molar-refractivity contribution in [1.29, 1.82) is 0 Å². The predicted molar refractivity (Wildman–Crippen MR) is 42.1 cm³/mol. The van der Waals surface area contributed by atoms with Crippen molar-refractivity contribution in [2.45, 2.75) is 6.42 Å². The van der Waals surface area contributed by atoms with Gasteiger partial charge in [-0.1, -0.05) is 0 Å². The minimum Gasteiger partial charge on any atom is -0.492 e. The number of carbonyl (C=O) groups is 1. The molecular weight excluding hydrogens is 177 g/mol. The number of nitrogens with zero attached hydrogens (tertiary/aromatic N) is 1. The van der Waals surface area contributed by atoms with Gasteiger partial charge in [-0.05, 0) is 11.6 Å². The summed E-state index contributed by atoms with van der Waals surface area (Å²) in [5.41, 5.74) is 0.408. The van der Waals surface area contributed by atoms with Crippen LogP contribution in [0.2, 0.25) is 0 Å². The van der Waals surface area contributed by atoms with E-state index in [4.69, 9.17) is 5.11 Å². The molecule has 0 aliphatic carbocycles. The van der Waals surface area contributed by atoms with Crippen molar-refractivity contribution >= 4 is 5.97 Å². The van der Waals surface area contributed by atoms with E-state index in [1.165, 1.54) is 19.4 Å². The summed E-state index contributed by atoms with van der Waals surface area (Å²) in [5.74, 6) is -1.77. The normalized spacial score (nSPS) is 9.69. The Hall–Kier alpha value is -1.65. The highest BCUT2D eigenvalue weighted by molar-refractivity contribution is 5.70. The lowest BCUT2D eigenvalue weighted by molar-refractivity contribution is -0.136. The second kappa shape index (κ2) is 3.84. The van der Waals surface area contributed by atoms with E-state index in [0.29, 0.717) is 5.56 Å². The molecule has 0 saturated heterocycles. The van der Waals surface area contributed by atoms with Gasteiger partial charge in [-0.25, -0.2) is 4.98 Å². The number of hydrogen-bond donors (Lipinski definition) is 1. The molecule has 0 aromatic carbocycles. The Morgan fingerprint density at radius 2 is 2.46 bits per heavy atom. The molecule has 1 aromatic rings. The lowest BCUT2D eigenvalue weighted by atomic mass is 10.2. The lowest BCUT2D eigenvalue weighted by Crippen LogP contribution is -2.02. The van der Waals surface area contributed by atoms with E-state index < -0.39 is 11.9 Å². The first-order chi connectivity index (χ1) is 6.13. The summed E-state index contributed by atoms with van der Waals surface area (Å²) in [5, 5.41) is 8.44. The van der Waals surface area contributed by atoms with Crippen LogP contribution in [-0.2, 0) is 11.2 Å². The number of pyridine rings is 1. The maximum absolute atomic E-state index is 12.7. The summed E-state index contributed by atoms with van der Waals surface area (Å²) < 4.78 is 17.4. The Bertz CT molecular complexity index is 327. The molecule has 0 atom stereocenters. The number of aliphatic carboxylic acids is 1. The molecule has 0 bridgehead atoms. The highest BCUT2D eigenvalue weighted by atomic mass is 19.1. The Labute approximate surface area is 74.0 Å². The molecule has 0 amide bonds. The van der Waals surface area contributed by atoms with Crippen LogP contribution in [-0.4, -0.2) is 23.2 Å². The first-order valence-electron chi connectivity index (χ1n) is 3.53. The Morgan fingerprint density at radius 3 is 3.00 bits per heavy atom. The summed E-state index contributed by atoms with van der Waals surface area (Å²) in [6, 6.07) is 1.32. The molecule has 0 aliphatic rings. The van der Waals surface area contributed by atoms with E-state index in [9.17, 15) is 9.18 Å². The molecule has 5 heteroatoms. The molecule has 0 radical (unpaired) electrons. The SMILES string of the molecule is COc1cc(CC(=O)O)cnc1F. The minimum atomic E-state index is -0.990. The topological polar surface area (TPSA) is 59.4 Å². The fourth-order valence-electron chi connectivity index (χ4n) is 0.883. The van der Waals surface area contributed by atoms with Crippen molar-refractivity contribution in [3.05, 3.63) is 23.8 Å². The van der Waals surface area contributed by atoms with Crippen LogP contribution in [0.15, 0.2) is 12.3 Å². The zero-order chi connectivity index (χ0) is 9.84. The first kappa shape index (κ1) is 9.44. The fourth-order valence-corrected chi connectivity index (χ4v) is 0.883. The molecule has 0 saturated carbocycles. The molecule has 1 N–H and O–H groups in total. The summed E-state index contributed by atoms with van der Waals surface area (Å²) in [7, 11) is 1.30.